The van der Waals surface area contributed by atoms with Crippen molar-refractivity contribution in [3.05, 3.63) is 237 Å². The van der Waals surface area contributed by atoms with Gasteiger partial charge in [-0.25, -0.2) is 0 Å². The Morgan fingerprint density at radius 1 is 0.224 bits per heavy atom. The van der Waals surface area contributed by atoms with Crippen LogP contribution in [-0.2, 0) is 0 Å². The molecule has 0 N–H and O–H groups in total. The van der Waals surface area contributed by atoms with E-state index in [1.54, 1.807) is 0 Å². The van der Waals surface area contributed by atoms with Crippen molar-refractivity contribution >= 4 is 98.8 Å². The number of hydrogen-bond donors (Lipinski definition) is 0. The maximum Gasteiger partial charge on any atom is 0.0540 e. The first-order valence-corrected chi connectivity index (χ1v) is 27.1. The van der Waals surface area contributed by atoms with E-state index in [1.807, 2.05) is 0 Å². The second kappa shape index (κ2) is 17.6. The van der Waals surface area contributed by atoms with Crippen LogP contribution in [0.5, 0.6) is 0 Å². The summed E-state index contributed by atoms with van der Waals surface area (Å²) in [5.74, 6) is 0. The molecule has 0 amide bonds. The molecule has 0 spiro atoms. The van der Waals surface area contributed by atoms with Crippen LogP contribution in [0, 0.1) is 83.1 Å². The number of nitrogens with zero attached hydrogens (tertiary/aromatic N) is 2. The van der Waals surface area contributed by atoms with Crippen LogP contribution in [0.1, 0.15) is 66.8 Å². The summed E-state index contributed by atoms with van der Waals surface area (Å²) in [6, 6.07) is 65.4. The molecule has 0 atom stereocenters. The SMILES string of the molecule is Cc1cc(N(c2cc(C)c(C)c(C)c2)c2ccc3c4c(-c5ccccc5)c5c6ccc(N(c7cc(C)c(C)c(C)c7)c7cc(C)c(C)c(C)c7)c7cccc(c5c(-c5ccccc5)c4c4cccc2c43)c76)cc(C)c1C. The number of benzene rings is 11. The molecule has 0 bridgehead atoms. The van der Waals surface area contributed by atoms with Gasteiger partial charge in [-0.3, -0.25) is 0 Å². The van der Waals surface area contributed by atoms with Gasteiger partial charge in [-0.2, -0.15) is 0 Å². The summed E-state index contributed by atoms with van der Waals surface area (Å²) < 4.78 is 0. The molecule has 76 heavy (non-hydrogen) atoms. The summed E-state index contributed by atoms with van der Waals surface area (Å²) >= 11 is 0. The highest BCUT2D eigenvalue weighted by atomic mass is 15.1. The first-order valence-electron chi connectivity index (χ1n) is 27.1. The molecule has 0 aromatic heterocycles. The van der Waals surface area contributed by atoms with Gasteiger partial charge in [0.1, 0.15) is 0 Å². The highest BCUT2D eigenvalue weighted by Crippen LogP contribution is 2.58. The van der Waals surface area contributed by atoms with Crippen molar-refractivity contribution in [2.45, 2.75) is 83.1 Å². The molecule has 0 unspecified atom stereocenters. The first-order chi connectivity index (χ1) is 36.7. The normalized spacial score (nSPS) is 11.9. The molecule has 13 aromatic rings. The molecular formula is C74H64N2. The van der Waals surface area contributed by atoms with E-state index in [2.05, 4.69) is 263 Å². The van der Waals surface area contributed by atoms with Crippen molar-refractivity contribution in [3.8, 4) is 22.3 Å². The highest BCUT2D eigenvalue weighted by molar-refractivity contribution is 6.47. The van der Waals surface area contributed by atoms with Crippen molar-refractivity contribution < 1.29 is 0 Å². The van der Waals surface area contributed by atoms with E-state index in [0.29, 0.717) is 0 Å². The summed E-state index contributed by atoms with van der Waals surface area (Å²) in [4.78, 5) is 5.05. The van der Waals surface area contributed by atoms with E-state index in [1.165, 1.54) is 188 Å². The zero-order valence-electron chi connectivity index (χ0n) is 46.1. The molecule has 0 aliphatic heterocycles. The van der Waals surface area contributed by atoms with Crippen LogP contribution < -0.4 is 9.80 Å². The van der Waals surface area contributed by atoms with E-state index in [4.69, 9.17) is 0 Å². The van der Waals surface area contributed by atoms with Crippen molar-refractivity contribution in [3.63, 3.8) is 0 Å². The second-order valence-electron chi connectivity index (χ2n) is 22.2. The number of fused-ring (bicyclic) bond motifs is 6. The largest absolute Gasteiger partial charge is 0.310 e. The van der Waals surface area contributed by atoms with E-state index in [0.717, 1.165) is 0 Å². The third-order valence-corrected chi connectivity index (χ3v) is 17.9. The van der Waals surface area contributed by atoms with Gasteiger partial charge in [0, 0.05) is 33.5 Å². The van der Waals surface area contributed by atoms with Crippen molar-refractivity contribution in [1.82, 2.24) is 0 Å². The molecule has 0 aliphatic carbocycles. The smallest absolute Gasteiger partial charge is 0.0540 e. The maximum atomic E-state index is 2.53. The van der Waals surface area contributed by atoms with Gasteiger partial charge in [-0.05, 0) is 287 Å². The lowest BCUT2D eigenvalue weighted by atomic mass is 9.87. The highest BCUT2D eigenvalue weighted by Gasteiger charge is 2.30. The van der Waals surface area contributed by atoms with Crippen LogP contribution in [0.25, 0.3) is 86.9 Å². The molecule has 0 saturated heterocycles. The van der Waals surface area contributed by atoms with Crippen molar-refractivity contribution in [2.24, 2.45) is 0 Å². The molecule has 2 heteroatoms. The Morgan fingerprint density at radius 2 is 0.474 bits per heavy atom. The van der Waals surface area contributed by atoms with Gasteiger partial charge in [-0.1, -0.05) is 109 Å². The monoisotopic (exact) mass is 981 g/mol. The Morgan fingerprint density at radius 3 is 0.750 bits per heavy atom. The van der Waals surface area contributed by atoms with Gasteiger partial charge >= 0.3 is 0 Å². The number of rotatable bonds is 8. The fraction of sp³-hybridized carbons (Fsp3) is 0.162. The lowest BCUT2D eigenvalue weighted by Gasteiger charge is -2.29. The minimum Gasteiger partial charge on any atom is -0.310 e. The van der Waals surface area contributed by atoms with Crippen LogP contribution in [0.4, 0.5) is 34.1 Å². The molecule has 13 rings (SSSR count). The summed E-state index contributed by atoms with van der Waals surface area (Å²) in [5.41, 5.74) is 27.8. The molecule has 13 aromatic carbocycles. The van der Waals surface area contributed by atoms with Crippen LogP contribution in [0.3, 0.4) is 0 Å². The molecule has 0 fully saturated rings. The summed E-state index contributed by atoms with van der Waals surface area (Å²) in [5, 5.41) is 15.4. The minimum absolute atomic E-state index is 1.18. The Hall–Kier alpha value is -8.46. The van der Waals surface area contributed by atoms with Crippen LogP contribution in [-0.4, -0.2) is 0 Å². The zero-order valence-corrected chi connectivity index (χ0v) is 46.1. The van der Waals surface area contributed by atoms with Gasteiger partial charge < -0.3 is 9.80 Å². The summed E-state index contributed by atoms with van der Waals surface area (Å²) in [6.07, 6.45) is 0. The van der Waals surface area contributed by atoms with Gasteiger partial charge in [0.05, 0.1) is 11.4 Å². The fourth-order valence-corrected chi connectivity index (χ4v) is 13.0. The third kappa shape index (κ3) is 7.00. The quantitative estimate of drug-likeness (QED) is 0.150. The van der Waals surface area contributed by atoms with E-state index < -0.39 is 0 Å². The topological polar surface area (TPSA) is 6.48 Å². The fourth-order valence-electron chi connectivity index (χ4n) is 13.0. The molecule has 0 saturated carbocycles. The Kier molecular flexibility index (Phi) is 10.9. The number of aryl methyl sites for hydroxylation is 8. The van der Waals surface area contributed by atoms with Crippen LogP contribution in [0.15, 0.2) is 170 Å². The van der Waals surface area contributed by atoms with E-state index >= 15 is 0 Å². The summed E-state index contributed by atoms with van der Waals surface area (Å²) in [6.45, 7) is 27.0. The standard InChI is InChI=1S/C74H64N2/c1-41-33-55(34-42(2)49(41)9)75(56-35-43(3)50(10)44(4)36-56)65-31-29-63-69-59(65)25-19-27-61(69)71-67(53-21-15-13-16-22-53)72-62-28-20-26-60-66(32-30-64(70(60)62)74(72)68(73(63)71)54-23-17-14-18-24-54)76(57-37-45(5)51(11)46(6)38-57)58-39-47(7)52(12)48(8)40-58/h13-40H,1-12H3. The Balaban J connectivity index is 1.19. The van der Waals surface area contributed by atoms with E-state index in [9.17, 15) is 0 Å². The number of hydrogen-bond acceptors (Lipinski definition) is 2. The molecule has 0 heterocycles. The van der Waals surface area contributed by atoms with Crippen molar-refractivity contribution in [2.75, 3.05) is 9.80 Å². The molecule has 2 nitrogen and oxygen atoms in total. The third-order valence-electron chi connectivity index (χ3n) is 17.9. The zero-order chi connectivity index (χ0) is 52.6. The Bertz CT molecular complexity index is 3970. The van der Waals surface area contributed by atoms with Gasteiger partial charge in [-0.15, -0.1) is 0 Å². The van der Waals surface area contributed by atoms with Gasteiger partial charge in [0.2, 0.25) is 0 Å². The van der Waals surface area contributed by atoms with Crippen LogP contribution in [0.2, 0.25) is 0 Å². The Labute approximate surface area is 448 Å². The number of anilines is 6. The second-order valence-corrected chi connectivity index (χ2v) is 22.2. The average molecular weight is 981 g/mol. The predicted molar refractivity (Wildman–Crippen MR) is 331 cm³/mol. The predicted octanol–water partition coefficient (Wildman–Crippen LogP) is 21.5. The van der Waals surface area contributed by atoms with Gasteiger partial charge in [0.25, 0.3) is 0 Å². The lowest BCUT2D eigenvalue weighted by Crippen LogP contribution is -2.12. The van der Waals surface area contributed by atoms with Crippen LogP contribution >= 0.6 is 0 Å². The lowest BCUT2D eigenvalue weighted by molar-refractivity contribution is 1.20. The summed E-state index contributed by atoms with van der Waals surface area (Å²) in [7, 11) is 0. The molecular weight excluding hydrogens is 917 g/mol. The van der Waals surface area contributed by atoms with Crippen molar-refractivity contribution in [1.29, 1.82) is 0 Å². The minimum atomic E-state index is 1.18. The molecule has 0 aliphatic rings. The molecule has 0 radical (unpaired) electrons. The molecule has 370 valence electrons. The maximum absolute atomic E-state index is 2.53. The average Bonchev–Trinajstić information content (AvgIpc) is 4.13. The van der Waals surface area contributed by atoms with Gasteiger partial charge in [0.15, 0.2) is 0 Å². The first kappa shape index (κ1) is 47.3. The van der Waals surface area contributed by atoms with E-state index in [-0.39, 0.29) is 0 Å².